The lowest BCUT2D eigenvalue weighted by molar-refractivity contribution is 0.0971. The summed E-state index contributed by atoms with van der Waals surface area (Å²) < 4.78 is 25.5. The van der Waals surface area contributed by atoms with E-state index in [0.717, 1.165) is 23.6 Å². The molecule has 4 aromatic rings. The maximum atomic E-state index is 13.9. The topological polar surface area (TPSA) is 59.8 Å². The van der Waals surface area contributed by atoms with Gasteiger partial charge >= 0.3 is 0 Å². The Labute approximate surface area is 190 Å². The zero-order chi connectivity index (χ0) is 23.1. The van der Waals surface area contributed by atoms with Crippen molar-refractivity contribution in [3.63, 3.8) is 0 Å². The molecule has 1 aromatic heterocycles. The number of carbonyl (C=O) groups is 1. The third-order valence-electron chi connectivity index (χ3n) is 5.81. The van der Waals surface area contributed by atoms with Gasteiger partial charge in [0.1, 0.15) is 17.1 Å². The third kappa shape index (κ3) is 3.57. The van der Waals surface area contributed by atoms with Gasteiger partial charge in [0.2, 0.25) is 5.76 Å². The van der Waals surface area contributed by atoms with E-state index >= 15 is 0 Å². The summed E-state index contributed by atoms with van der Waals surface area (Å²) in [5.41, 5.74) is 2.40. The molecule has 5 nitrogen and oxygen atoms in total. The Bertz CT molecular complexity index is 1410. The van der Waals surface area contributed by atoms with Crippen LogP contribution >= 0.6 is 0 Å². The van der Waals surface area contributed by atoms with Crippen molar-refractivity contribution in [1.29, 1.82) is 0 Å². The third-order valence-corrected chi connectivity index (χ3v) is 5.81. The highest BCUT2D eigenvalue weighted by Crippen LogP contribution is 2.41. The lowest BCUT2D eigenvalue weighted by Gasteiger charge is -2.25. The molecular weight excluding hydrogens is 421 g/mol. The molecule has 0 fully saturated rings. The van der Waals surface area contributed by atoms with E-state index in [1.807, 2.05) is 62.4 Å². The molecule has 1 amide bonds. The number of aryl methyl sites for hydroxylation is 1. The molecule has 166 valence electrons. The Morgan fingerprint density at radius 2 is 1.73 bits per heavy atom. The Morgan fingerprint density at radius 1 is 1.00 bits per heavy atom. The molecule has 3 aromatic carbocycles. The van der Waals surface area contributed by atoms with E-state index in [2.05, 4.69) is 0 Å². The summed E-state index contributed by atoms with van der Waals surface area (Å²) in [6.07, 6.45) is 0.887. The Balaban J connectivity index is 1.72. The molecule has 0 aliphatic carbocycles. The van der Waals surface area contributed by atoms with Gasteiger partial charge in [0.05, 0.1) is 23.6 Å². The fraction of sp³-hybridized carbons (Fsp3) is 0.185. The van der Waals surface area contributed by atoms with Gasteiger partial charge < -0.3 is 9.15 Å². The van der Waals surface area contributed by atoms with E-state index < -0.39 is 23.2 Å². The molecule has 1 aliphatic heterocycles. The molecule has 1 atom stereocenters. The predicted molar refractivity (Wildman–Crippen MR) is 125 cm³/mol. The zero-order valence-electron chi connectivity index (χ0n) is 18.3. The summed E-state index contributed by atoms with van der Waals surface area (Å²) in [4.78, 5) is 28.6. The van der Waals surface area contributed by atoms with Crippen LogP contribution < -0.4 is 15.1 Å². The molecule has 33 heavy (non-hydrogen) atoms. The van der Waals surface area contributed by atoms with Crippen LogP contribution in [0.4, 0.5) is 10.1 Å². The van der Waals surface area contributed by atoms with E-state index in [9.17, 15) is 14.0 Å². The van der Waals surface area contributed by atoms with Crippen molar-refractivity contribution >= 4 is 22.6 Å². The number of carbonyl (C=O) groups excluding carboxylic acids is 1. The molecule has 0 saturated heterocycles. The molecular formula is C27H22FNO4. The molecule has 5 rings (SSSR count). The van der Waals surface area contributed by atoms with E-state index in [4.69, 9.17) is 9.15 Å². The summed E-state index contributed by atoms with van der Waals surface area (Å²) >= 11 is 0. The number of amides is 1. The summed E-state index contributed by atoms with van der Waals surface area (Å²) in [7, 11) is 0. The Morgan fingerprint density at radius 3 is 2.42 bits per heavy atom. The first-order chi connectivity index (χ1) is 16.0. The molecule has 0 radical (unpaired) electrons. The van der Waals surface area contributed by atoms with Gasteiger partial charge in [0, 0.05) is 5.69 Å². The zero-order valence-corrected chi connectivity index (χ0v) is 18.3. The molecule has 0 bridgehead atoms. The van der Waals surface area contributed by atoms with E-state index in [0.29, 0.717) is 18.0 Å². The van der Waals surface area contributed by atoms with Crippen LogP contribution in [-0.4, -0.2) is 12.5 Å². The van der Waals surface area contributed by atoms with Gasteiger partial charge in [-0.1, -0.05) is 36.8 Å². The van der Waals surface area contributed by atoms with Crippen molar-refractivity contribution in [3.8, 4) is 5.75 Å². The molecule has 1 aliphatic rings. The average Bonchev–Trinajstić information content (AvgIpc) is 3.11. The first kappa shape index (κ1) is 20.9. The largest absolute Gasteiger partial charge is 0.494 e. The van der Waals surface area contributed by atoms with Gasteiger partial charge in [-0.15, -0.1) is 0 Å². The summed E-state index contributed by atoms with van der Waals surface area (Å²) in [5.74, 6) is -0.257. The van der Waals surface area contributed by atoms with E-state index in [1.54, 1.807) is 4.90 Å². The van der Waals surface area contributed by atoms with Crippen LogP contribution in [0.2, 0.25) is 0 Å². The van der Waals surface area contributed by atoms with Gasteiger partial charge in [-0.3, -0.25) is 14.5 Å². The second-order valence-electron chi connectivity index (χ2n) is 8.15. The van der Waals surface area contributed by atoms with Crippen LogP contribution in [0.3, 0.4) is 0 Å². The van der Waals surface area contributed by atoms with Crippen LogP contribution in [0.15, 0.2) is 75.9 Å². The van der Waals surface area contributed by atoms with Crippen LogP contribution in [0.1, 0.15) is 46.6 Å². The first-order valence-corrected chi connectivity index (χ1v) is 10.9. The number of hydrogen-bond donors (Lipinski definition) is 0. The second kappa shape index (κ2) is 8.20. The maximum absolute atomic E-state index is 13.9. The number of hydrogen-bond acceptors (Lipinski definition) is 4. The maximum Gasteiger partial charge on any atom is 0.295 e. The van der Waals surface area contributed by atoms with Crippen molar-refractivity contribution in [2.24, 2.45) is 0 Å². The number of ether oxygens (including phenoxy) is 1. The first-order valence-electron chi connectivity index (χ1n) is 10.9. The highest BCUT2D eigenvalue weighted by Gasteiger charge is 2.43. The number of nitrogens with zero attached hydrogens (tertiary/aromatic N) is 1. The molecule has 0 spiro atoms. The number of halogens is 1. The standard InChI is InChI=1S/C27H22FNO4/c1-3-14-32-20-11-6-17(7-12-20)24-23-25(30)21-15-18(28)8-13-22(21)33-26(23)27(31)29(24)19-9-4-16(2)5-10-19/h4-13,15,24H,3,14H2,1-2H3. The minimum absolute atomic E-state index is 0.0176. The van der Waals surface area contributed by atoms with Crippen LogP contribution in [-0.2, 0) is 0 Å². The van der Waals surface area contributed by atoms with Crippen LogP contribution in [0, 0.1) is 12.7 Å². The normalized spacial score (nSPS) is 15.2. The molecule has 0 N–H and O–H groups in total. The molecule has 1 unspecified atom stereocenters. The summed E-state index contributed by atoms with van der Waals surface area (Å²) in [5, 5.41) is 0.111. The predicted octanol–water partition coefficient (Wildman–Crippen LogP) is 5.78. The average molecular weight is 443 g/mol. The fourth-order valence-corrected chi connectivity index (χ4v) is 4.20. The number of anilines is 1. The van der Waals surface area contributed by atoms with E-state index in [1.165, 1.54) is 12.1 Å². The Hall–Kier alpha value is -3.93. The number of fused-ring (bicyclic) bond motifs is 2. The van der Waals surface area contributed by atoms with Crippen LogP contribution in [0.25, 0.3) is 11.0 Å². The monoisotopic (exact) mass is 443 g/mol. The SMILES string of the molecule is CCCOc1ccc(C2c3c(oc4ccc(F)cc4c3=O)C(=O)N2c2ccc(C)cc2)cc1. The van der Waals surface area contributed by atoms with Gasteiger partial charge in [-0.05, 0) is 61.4 Å². The van der Waals surface area contributed by atoms with Crippen molar-refractivity contribution < 1.29 is 18.3 Å². The minimum Gasteiger partial charge on any atom is -0.494 e. The molecule has 0 saturated carbocycles. The quantitative estimate of drug-likeness (QED) is 0.392. The van der Waals surface area contributed by atoms with Crippen molar-refractivity contribution in [3.05, 3.63) is 105 Å². The molecule has 2 heterocycles. The highest BCUT2D eigenvalue weighted by molar-refractivity contribution is 6.10. The highest BCUT2D eigenvalue weighted by atomic mass is 19.1. The minimum atomic E-state index is -0.709. The van der Waals surface area contributed by atoms with Gasteiger partial charge in [-0.25, -0.2) is 4.39 Å². The van der Waals surface area contributed by atoms with Gasteiger partial charge in [0.15, 0.2) is 5.43 Å². The summed E-state index contributed by atoms with van der Waals surface area (Å²) in [6.45, 7) is 4.59. The smallest absolute Gasteiger partial charge is 0.295 e. The molecule has 6 heteroatoms. The lowest BCUT2D eigenvalue weighted by atomic mass is 9.98. The van der Waals surface area contributed by atoms with Crippen molar-refractivity contribution in [2.45, 2.75) is 26.3 Å². The number of rotatable bonds is 5. The fourth-order valence-electron chi connectivity index (χ4n) is 4.20. The van der Waals surface area contributed by atoms with E-state index in [-0.39, 0.29) is 22.3 Å². The summed E-state index contributed by atoms with van der Waals surface area (Å²) in [6, 6.07) is 17.9. The lowest BCUT2D eigenvalue weighted by Crippen LogP contribution is -2.29. The number of benzene rings is 3. The Kier molecular flexibility index (Phi) is 5.21. The van der Waals surface area contributed by atoms with Gasteiger partial charge in [-0.2, -0.15) is 0 Å². The van der Waals surface area contributed by atoms with Gasteiger partial charge in [0.25, 0.3) is 5.91 Å². The van der Waals surface area contributed by atoms with Crippen LogP contribution in [0.5, 0.6) is 5.75 Å². The van der Waals surface area contributed by atoms with Crippen molar-refractivity contribution in [2.75, 3.05) is 11.5 Å². The van der Waals surface area contributed by atoms with Crippen molar-refractivity contribution in [1.82, 2.24) is 0 Å². The second-order valence-corrected chi connectivity index (χ2v) is 8.15.